The highest BCUT2D eigenvalue weighted by molar-refractivity contribution is 5.74. The molecular formula is C16H23FN2O. The van der Waals surface area contributed by atoms with E-state index in [1.807, 2.05) is 4.90 Å². The van der Waals surface area contributed by atoms with Gasteiger partial charge < -0.3 is 10.2 Å². The molecule has 110 valence electrons. The summed E-state index contributed by atoms with van der Waals surface area (Å²) in [6.45, 7) is 7.83. The number of rotatable bonds is 2. The minimum absolute atomic E-state index is 0.0171. The molecule has 1 aromatic carbocycles. The molecular weight excluding hydrogens is 255 g/mol. The normalized spacial score (nSPS) is 16.3. The first-order valence-corrected chi connectivity index (χ1v) is 7.25. The molecule has 20 heavy (non-hydrogen) atoms. The molecule has 1 aliphatic heterocycles. The molecule has 1 fully saturated rings. The average Bonchev–Trinajstić information content (AvgIpc) is 2.42. The van der Waals surface area contributed by atoms with Crippen molar-refractivity contribution in [3.05, 3.63) is 34.6 Å². The van der Waals surface area contributed by atoms with Crippen molar-refractivity contribution in [2.75, 3.05) is 13.1 Å². The van der Waals surface area contributed by atoms with Crippen LogP contribution in [0.15, 0.2) is 12.1 Å². The SMILES string of the molecule is Cc1cc(CNC(=O)N2CCC(C)CC2)cc(C)c1F. The van der Waals surface area contributed by atoms with Crippen molar-refractivity contribution in [2.45, 2.75) is 40.2 Å². The minimum Gasteiger partial charge on any atom is -0.334 e. The number of urea groups is 1. The zero-order chi connectivity index (χ0) is 14.7. The number of hydrogen-bond acceptors (Lipinski definition) is 1. The van der Waals surface area contributed by atoms with Gasteiger partial charge in [0.1, 0.15) is 5.82 Å². The van der Waals surface area contributed by atoms with Crippen molar-refractivity contribution in [3.63, 3.8) is 0 Å². The number of piperidine rings is 1. The second-order valence-electron chi connectivity index (χ2n) is 5.87. The molecule has 3 nitrogen and oxygen atoms in total. The van der Waals surface area contributed by atoms with Crippen molar-refractivity contribution < 1.29 is 9.18 Å². The fourth-order valence-corrected chi connectivity index (χ4v) is 2.64. The number of nitrogens with zero attached hydrogens (tertiary/aromatic N) is 1. The Balaban J connectivity index is 1.90. The number of hydrogen-bond donors (Lipinski definition) is 1. The lowest BCUT2D eigenvalue weighted by atomic mass is 10.00. The molecule has 1 aromatic rings. The highest BCUT2D eigenvalue weighted by Gasteiger charge is 2.19. The Kier molecular flexibility index (Phi) is 4.63. The van der Waals surface area contributed by atoms with Crippen LogP contribution in [0.1, 0.15) is 36.5 Å². The molecule has 2 rings (SSSR count). The fraction of sp³-hybridized carbons (Fsp3) is 0.562. The van der Waals surface area contributed by atoms with E-state index in [1.54, 1.807) is 26.0 Å². The Hall–Kier alpha value is -1.58. The number of halogens is 1. The van der Waals surface area contributed by atoms with Crippen LogP contribution in [-0.2, 0) is 6.54 Å². The topological polar surface area (TPSA) is 32.3 Å². The van der Waals surface area contributed by atoms with Crippen molar-refractivity contribution >= 4 is 6.03 Å². The van der Waals surface area contributed by atoms with Crippen molar-refractivity contribution in [3.8, 4) is 0 Å². The quantitative estimate of drug-likeness (QED) is 0.883. The Morgan fingerprint density at radius 1 is 1.30 bits per heavy atom. The Morgan fingerprint density at radius 3 is 2.40 bits per heavy atom. The summed E-state index contributed by atoms with van der Waals surface area (Å²) in [5, 5.41) is 2.92. The van der Waals surface area contributed by atoms with Gasteiger partial charge in [-0.1, -0.05) is 19.1 Å². The summed E-state index contributed by atoms with van der Waals surface area (Å²) in [6.07, 6.45) is 2.14. The third kappa shape index (κ3) is 3.50. The molecule has 1 saturated heterocycles. The van der Waals surface area contributed by atoms with Crippen LogP contribution in [0.3, 0.4) is 0 Å². The van der Waals surface area contributed by atoms with Gasteiger partial charge in [-0.2, -0.15) is 0 Å². The molecule has 0 aliphatic carbocycles. The maximum Gasteiger partial charge on any atom is 0.317 e. The summed E-state index contributed by atoms with van der Waals surface area (Å²) in [5.74, 6) is 0.548. The number of aryl methyl sites for hydroxylation is 2. The van der Waals surface area contributed by atoms with Crippen LogP contribution in [0, 0.1) is 25.6 Å². The predicted molar refractivity (Wildman–Crippen MR) is 78.1 cm³/mol. The fourth-order valence-electron chi connectivity index (χ4n) is 2.64. The first kappa shape index (κ1) is 14.8. The van der Waals surface area contributed by atoms with Crippen LogP contribution < -0.4 is 5.32 Å². The van der Waals surface area contributed by atoms with Crippen LogP contribution in [0.25, 0.3) is 0 Å². The lowest BCUT2D eigenvalue weighted by Crippen LogP contribution is -2.43. The van der Waals surface area contributed by atoms with E-state index in [1.165, 1.54) is 0 Å². The lowest BCUT2D eigenvalue weighted by Gasteiger charge is -2.30. The summed E-state index contributed by atoms with van der Waals surface area (Å²) >= 11 is 0. The van der Waals surface area contributed by atoms with Gasteiger partial charge in [-0.25, -0.2) is 9.18 Å². The number of likely N-dealkylation sites (tertiary alicyclic amines) is 1. The third-order valence-corrected chi connectivity index (χ3v) is 4.01. The van der Waals surface area contributed by atoms with Gasteiger partial charge in [-0.15, -0.1) is 0 Å². The molecule has 0 unspecified atom stereocenters. The van der Waals surface area contributed by atoms with Gasteiger partial charge in [0.05, 0.1) is 0 Å². The molecule has 1 heterocycles. The zero-order valence-electron chi connectivity index (χ0n) is 12.5. The molecule has 2 amide bonds. The average molecular weight is 278 g/mol. The third-order valence-electron chi connectivity index (χ3n) is 4.01. The number of nitrogens with one attached hydrogen (secondary N) is 1. The van der Waals surface area contributed by atoms with Crippen LogP contribution in [0.5, 0.6) is 0 Å². The van der Waals surface area contributed by atoms with E-state index in [9.17, 15) is 9.18 Å². The van der Waals surface area contributed by atoms with Crippen LogP contribution in [0.4, 0.5) is 9.18 Å². The lowest BCUT2D eigenvalue weighted by molar-refractivity contribution is 0.173. The van der Waals surface area contributed by atoms with E-state index in [4.69, 9.17) is 0 Å². The van der Waals surface area contributed by atoms with Gasteiger partial charge in [-0.3, -0.25) is 0 Å². The summed E-state index contributed by atoms with van der Waals surface area (Å²) in [4.78, 5) is 13.9. The Morgan fingerprint density at radius 2 is 1.85 bits per heavy atom. The number of carbonyl (C=O) groups excluding carboxylic acids is 1. The van der Waals surface area contributed by atoms with Gasteiger partial charge in [0, 0.05) is 19.6 Å². The molecule has 0 spiro atoms. The van der Waals surface area contributed by atoms with Crippen molar-refractivity contribution in [2.24, 2.45) is 5.92 Å². The predicted octanol–water partition coefficient (Wildman–Crippen LogP) is 3.38. The standard InChI is InChI=1S/C16H23FN2O/c1-11-4-6-19(7-5-11)16(20)18-10-14-8-12(2)15(17)13(3)9-14/h8-9,11H,4-7,10H2,1-3H3,(H,18,20). The van der Waals surface area contributed by atoms with E-state index >= 15 is 0 Å². The van der Waals surface area contributed by atoms with Gasteiger partial charge in [0.15, 0.2) is 0 Å². The summed E-state index contributed by atoms with van der Waals surface area (Å²) < 4.78 is 13.5. The van der Waals surface area contributed by atoms with Crippen LogP contribution >= 0.6 is 0 Å². The molecule has 1 aliphatic rings. The second-order valence-corrected chi connectivity index (χ2v) is 5.87. The van der Waals surface area contributed by atoms with Gasteiger partial charge in [-0.05, 0) is 49.3 Å². The van der Waals surface area contributed by atoms with E-state index in [0.717, 1.165) is 31.5 Å². The maximum absolute atomic E-state index is 13.5. The van der Waals surface area contributed by atoms with Crippen molar-refractivity contribution in [1.29, 1.82) is 0 Å². The largest absolute Gasteiger partial charge is 0.334 e. The zero-order valence-corrected chi connectivity index (χ0v) is 12.5. The van der Waals surface area contributed by atoms with E-state index in [0.29, 0.717) is 23.6 Å². The first-order valence-electron chi connectivity index (χ1n) is 7.25. The molecule has 1 N–H and O–H groups in total. The first-order chi connectivity index (χ1) is 9.47. The highest BCUT2D eigenvalue weighted by Crippen LogP contribution is 2.17. The van der Waals surface area contributed by atoms with Crippen LogP contribution in [-0.4, -0.2) is 24.0 Å². The number of benzene rings is 1. The molecule has 0 saturated carbocycles. The molecule has 0 bridgehead atoms. The highest BCUT2D eigenvalue weighted by atomic mass is 19.1. The van der Waals surface area contributed by atoms with E-state index < -0.39 is 0 Å². The maximum atomic E-state index is 13.5. The minimum atomic E-state index is -0.162. The smallest absolute Gasteiger partial charge is 0.317 e. The van der Waals surface area contributed by atoms with Gasteiger partial charge in [0.2, 0.25) is 0 Å². The van der Waals surface area contributed by atoms with Crippen molar-refractivity contribution in [1.82, 2.24) is 10.2 Å². The summed E-state index contributed by atoms with van der Waals surface area (Å²) in [7, 11) is 0. The molecule has 0 aromatic heterocycles. The van der Waals surface area contributed by atoms with Crippen LogP contribution in [0.2, 0.25) is 0 Å². The van der Waals surface area contributed by atoms with Gasteiger partial charge in [0.25, 0.3) is 0 Å². The van der Waals surface area contributed by atoms with E-state index in [-0.39, 0.29) is 11.8 Å². The van der Waals surface area contributed by atoms with Gasteiger partial charge >= 0.3 is 6.03 Å². The Labute approximate surface area is 120 Å². The van der Waals surface area contributed by atoms with E-state index in [2.05, 4.69) is 12.2 Å². The second kappa shape index (κ2) is 6.25. The monoisotopic (exact) mass is 278 g/mol. The molecule has 0 radical (unpaired) electrons. The Bertz CT molecular complexity index is 470. The molecule has 4 heteroatoms. The number of amides is 2. The summed E-state index contributed by atoms with van der Waals surface area (Å²) in [5.41, 5.74) is 2.20. The summed E-state index contributed by atoms with van der Waals surface area (Å²) in [6, 6.07) is 3.57. The molecule has 0 atom stereocenters. The number of carbonyl (C=O) groups is 1.